The number of hydrogen-bond acceptors (Lipinski definition) is 2. The Morgan fingerprint density at radius 1 is 0.857 bits per heavy atom. The normalized spacial score (nSPS) is 49.4. The van der Waals surface area contributed by atoms with Gasteiger partial charge in [0.1, 0.15) is 0 Å². The van der Waals surface area contributed by atoms with Gasteiger partial charge >= 0.3 is 0 Å². The van der Waals surface area contributed by atoms with E-state index < -0.39 is 6.29 Å². The van der Waals surface area contributed by atoms with Crippen molar-refractivity contribution in [1.82, 2.24) is 0 Å². The standard InChI is InChI=1S/C26H46O2/c1-17(2)7-6-8-18(3)20-10-11-21-19-9-12-23-26(5,16-14-24(27)28-23)22(19)13-15-25(20,21)4/h17-24,27H,6-16H2,1-5H3/t18?,19?,20?,21?,22?,23?,24?,25-,26-/m1/s1. The summed E-state index contributed by atoms with van der Waals surface area (Å²) in [5.41, 5.74) is 0.890. The minimum absolute atomic E-state index is 0.300. The molecule has 162 valence electrons. The van der Waals surface area contributed by atoms with Crippen molar-refractivity contribution in [2.75, 3.05) is 0 Å². The number of hydrogen-bond donors (Lipinski definition) is 1. The minimum Gasteiger partial charge on any atom is -0.368 e. The van der Waals surface area contributed by atoms with Gasteiger partial charge in [-0.1, -0.05) is 53.9 Å². The van der Waals surface area contributed by atoms with Crippen LogP contribution in [0.15, 0.2) is 0 Å². The molecule has 1 N–H and O–H groups in total. The van der Waals surface area contributed by atoms with Gasteiger partial charge in [-0.3, -0.25) is 0 Å². The highest BCUT2D eigenvalue weighted by Crippen LogP contribution is 2.67. The highest BCUT2D eigenvalue weighted by Gasteiger charge is 2.61. The zero-order valence-corrected chi connectivity index (χ0v) is 19.3. The fourth-order valence-corrected chi connectivity index (χ4v) is 8.71. The maximum absolute atomic E-state index is 10.0. The predicted octanol–water partition coefficient (Wildman–Crippen LogP) is 6.81. The van der Waals surface area contributed by atoms with Gasteiger partial charge in [0.05, 0.1) is 6.10 Å². The van der Waals surface area contributed by atoms with Gasteiger partial charge < -0.3 is 9.84 Å². The highest BCUT2D eigenvalue weighted by molar-refractivity contribution is 5.09. The molecule has 0 spiro atoms. The average Bonchev–Trinajstić information content (AvgIpc) is 2.99. The van der Waals surface area contributed by atoms with Crippen LogP contribution >= 0.6 is 0 Å². The van der Waals surface area contributed by atoms with Crippen molar-refractivity contribution < 1.29 is 9.84 Å². The van der Waals surface area contributed by atoms with Crippen LogP contribution in [-0.2, 0) is 4.74 Å². The molecule has 4 fully saturated rings. The Labute approximate surface area is 174 Å². The molecule has 0 aromatic rings. The molecule has 0 aromatic heterocycles. The zero-order valence-electron chi connectivity index (χ0n) is 19.3. The maximum Gasteiger partial charge on any atom is 0.154 e. The molecule has 9 atom stereocenters. The number of ether oxygens (including phenoxy) is 1. The fourth-order valence-electron chi connectivity index (χ4n) is 8.71. The number of fused-ring (bicyclic) bond motifs is 5. The van der Waals surface area contributed by atoms with E-state index in [1.807, 2.05) is 0 Å². The van der Waals surface area contributed by atoms with Gasteiger partial charge in [-0.05, 0) is 97.7 Å². The molecule has 2 heteroatoms. The third kappa shape index (κ3) is 3.49. The summed E-state index contributed by atoms with van der Waals surface area (Å²) < 4.78 is 6.06. The Hall–Kier alpha value is -0.0800. The lowest BCUT2D eigenvalue weighted by atomic mass is 9.47. The summed E-state index contributed by atoms with van der Waals surface area (Å²) in [5, 5.41) is 10.0. The van der Waals surface area contributed by atoms with Crippen molar-refractivity contribution in [3.8, 4) is 0 Å². The van der Waals surface area contributed by atoms with E-state index in [1.54, 1.807) is 0 Å². The van der Waals surface area contributed by atoms with Gasteiger partial charge in [0, 0.05) is 0 Å². The fraction of sp³-hybridized carbons (Fsp3) is 1.00. The van der Waals surface area contributed by atoms with Crippen LogP contribution in [0.4, 0.5) is 0 Å². The van der Waals surface area contributed by atoms with Crippen molar-refractivity contribution in [3.63, 3.8) is 0 Å². The molecular formula is C26H46O2. The second-order valence-electron chi connectivity index (χ2n) is 12.1. The van der Waals surface area contributed by atoms with Crippen molar-refractivity contribution in [3.05, 3.63) is 0 Å². The summed E-state index contributed by atoms with van der Waals surface area (Å²) in [5.74, 6) is 5.36. The number of rotatable bonds is 5. The van der Waals surface area contributed by atoms with Crippen LogP contribution in [0.3, 0.4) is 0 Å². The molecule has 0 amide bonds. The second-order valence-corrected chi connectivity index (χ2v) is 12.1. The quantitative estimate of drug-likeness (QED) is 0.559. The van der Waals surface area contributed by atoms with E-state index >= 15 is 0 Å². The second kappa shape index (κ2) is 7.88. The summed E-state index contributed by atoms with van der Waals surface area (Å²) in [6.07, 6.45) is 14.3. The van der Waals surface area contributed by atoms with Gasteiger partial charge in [-0.2, -0.15) is 0 Å². The molecule has 1 saturated heterocycles. The van der Waals surface area contributed by atoms with E-state index in [4.69, 9.17) is 4.74 Å². The first-order valence-electron chi connectivity index (χ1n) is 12.6. The molecule has 0 aromatic carbocycles. The molecule has 0 radical (unpaired) electrons. The average molecular weight is 391 g/mol. The molecule has 0 bridgehead atoms. The van der Waals surface area contributed by atoms with Crippen LogP contribution in [0.1, 0.15) is 105 Å². The monoisotopic (exact) mass is 390 g/mol. The molecule has 28 heavy (non-hydrogen) atoms. The third-order valence-electron chi connectivity index (χ3n) is 10.2. The van der Waals surface area contributed by atoms with Crippen molar-refractivity contribution in [1.29, 1.82) is 0 Å². The molecule has 1 heterocycles. The molecule has 3 saturated carbocycles. The lowest BCUT2D eigenvalue weighted by Crippen LogP contribution is -2.57. The van der Waals surface area contributed by atoms with Crippen LogP contribution < -0.4 is 0 Å². The van der Waals surface area contributed by atoms with Gasteiger partial charge in [0.15, 0.2) is 6.29 Å². The Morgan fingerprint density at radius 2 is 1.57 bits per heavy atom. The molecule has 2 nitrogen and oxygen atoms in total. The third-order valence-corrected chi connectivity index (χ3v) is 10.2. The summed E-state index contributed by atoms with van der Waals surface area (Å²) in [6.45, 7) is 12.5. The molecule has 4 aliphatic rings. The van der Waals surface area contributed by atoms with Crippen molar-refractivity contribution in [2.24, 2.45) is 46.3 Å². The Balaban J connectivity index is 1.46. The number of aliphatic hydroxyl groups is 1. The molecule has 1 aliphatic heterocycles. The van der Waals surface area contributed by atoms with Crippen LogP contribution in [0.2, 0.25) is 0 Å². The van der Waals surface area contributed by atoms with Crippen LogP contribution in [0, 0.1) is 46.3 Å². The minimum atomic E-state index is -0.508. The Kier molecular flexibility index (Phi) is 5.95. The van der Waals surface area contributed by atoms with Gasteiger partial charge in [-0.15, -0.1) is 0 Å². The van der Waals surface area contributed by atoms with Gasteiger partial charge in [0.25, 0.3) is 0 Å². The predicted molar refractivity (Wildman–Crippen MR) is 116 cm³/mol. The largest absolute Gasteiger partial charge is 0.368 e. The SMILES string of the molecule is CC(C)CCCC(C)C1CCC2C3CCC4OC(O)CC[C@]4(C)C3CC[C@]12C. The van der Waals surface area contributed by atoms with E-state index in [0.29, 0.717) is 16.9 Å². The molecule has 7 unspecified atom stereocenters. The van der Waals surface area contributed by atoms with Crippen molar-refractivity contribution in [2.45, 2.75) is 118 Å². The topological polar surface area (TPSA) is 29.5 Å². The first kappa shape index (κ1) is 21.2. The van der Waals surface area contributed by atoms with E-state index in [1.165, 1.54) is 64.2 Å². The van der Waals surface area contributed by atoms with Gasteiger partial charge in [0.2, 0.25) is 0 Å². The van der Waals surface area contributed by atoms with Gasteiger partial charge in [-0.25, -0.2) is 0 Å². The lowest BCUT2D eigenvalue weighted by molar-refractivity contribution is -0.248. The Bertz CT molecular complexity index is 545. The number of aliphatic hydroxyl groups excluding tert-OH is 1. The summed E-state index contributed by atoms with van der Waals surface area (Å²) in [6, 6.07) is 0. The zero-order chi connectivity index (χ0) is 20.1. The lowest BCUT2D eigenvalue weighted by Gasteiger charge is -2.60. The first-order chi connectivity index (χ1) is 13.3. The highest BCUT2D eigenvalue weighted by atomic mass is 16.6. The molecular weight excluding hydrogens is 344 g/mol. The first-order valence-corrected chi connectivity index (χ1v) is 12.6. The van der Waals surface area contributed by atoms with Crippen molar-refractivity contribution >= 4 is 0 Å². The van der Waals surface area contributed by atoms with E-state index in [-0.39, 0.29) is 0 Å². The summed E-state index contributed by atoms with van der Waals surface area (Å²) in [4.78, 5) is 0. The summed E-state index contributed by atoms with van der Waals surface area (Å²) in [7, 11) is 0. The maximum atomic E-state index is 10.0. The summed E-state index contributed by atoms with van der Waals surface area (Å²) >= 11 is 0. The Morgan fingerprint density at radius 3 is 2.32 bits per heavy atom. The van der Waals surface area contributed by atoms with Crippen LogP contribution in [0.25, 0.3) is 0 Å². The van der Waals surface area contributed by atoms with E-state index in [0.717, 1.165) is 41.9 Å². The molecule has 4 rings (SSSR count). The smallest absolute Gasteiger partial charge is 0.154 e. The van der Waals surface area contributed by atoms with E-state index in [9.17, 15) is 5.11 Å². The van der Waals surface area contributed by atoms with Crippen LogP contribution in [-0.4, -0.2) is 17.5 Å². The molecule has 3 aliphatic carbocycles. The van der Waals surface area contributed by atoms with E-state index in [2.05, 4.69) is 34.6 Å². The van der Waals surface area contributed by atoms with Crippen LogP contribution in [0.5, 0.6) is 0 Å².